The summed E-state index contributed by atoms with van der Waals surface area (Å²) in [6.45, 7) is 6.62. The van der Waals surface area contributed by atoms with Gasteiger partial charge in [-0.1, -0.05) is 43.7 Å². The molecule has 7 heteroatoms. The van der Waals surface area contributed by atoms with E-state index < -0.39 is 0 Å². The number of unbranched alkanes of at least 4 members (excludes halogenated alkanes) is 1. The van der Waals surface area contributed by atoms with Crippen molar-refractivity contribution in [2.45, 2.75) is 52.1 Å². The molecule has 0 spiro atoms. The number of carbonyl (C=O) groups is 3. The van der Waals surface area contributed by atoms with E-state index in [9.17, 15) is 14.4 Å². The highest BCUT2D eigenvalue weighted by atomic mass is 16.2. The minimum atomic E-state index is -0.234. The minimum Gasteiger partial charge on any atom is -0.351 e. The fourth-order valence-corrected chi connectivity index (χ4v) is 4.55. The van der Waals surface area contributed by atoms with Crippen molar-refractivity contribution in [3.05, 3.63) is 35.9 Å². The van der Waals surface area contributed by atoms with Gasteiger partial charge in [0.1, 0.15) is 6.54 Å². The zero-order valence-electron chi connectivity index (χ0n) is 18.1. The number of amides is 4. The Bertz CT molecular complexity index is 739. The maximum atomic E-state index is 13.0. The van der Waals surface area contributed by atoms with Gasteiger partial charge in [-0.05, 0) is 37.7 Å². The summed E-state index contributed by atoms with van der Waals surface area (Å²) in [5, 5.41) is 5.97. The Kier molecular flexibility index (Phi) is 7.71. The van der Waals surface area contributed by atoms with Crippen LogP contribution in [0.1, 0.15) is 45.1 Å². The molecule has 1 aromatic carbocycles. The number of benzene rings is 1. The molecule has 164 valence electrons. The van der Waals surface area contributed by atoms with Crippen molar-refractivity contribution < 1.29 is 14.4 Å². The Morgan fingerprint density at radius 2 is 1.97 bits per heavy atom. The molecule has 30 heavy (non-hydrogen) atoms. The van der Waals surface area contributed by atoms with Crippen LogP contribution in [0.15, 0.2) is 30.3 Å². The number of carbonyl (C=O) groups excluding carboxylic acids is 3. The molecular weight excluding hydrogens is 380 g/mol. The second-order valence-electron chi connectivity index (χ2n) is 8.40. The fraction of sp³-hybridized carbons (Fsp3) is 0.609. The second kappa shape index (κ2) is 10.5. The lowest BCUT2D eigenvalue weighted by atomic mass is 10.0. The molecule has 0 radical (unpaired) electrons. The van der Waals surface area contributed by atoms with E-state index in [0.29, 0.717) is 26.1 Å². The van der Waals surface area contributed by atoms with Gasteiger partial charge in [0.15, 0.2) is 0 Å². The predicted octanol–water partition coefficient (Wildman–Crippen LogP) is 2.37. The summed E-state index contributed by atoms with van der Waals surface area (Å²) in [6, 6.07) is 9.44. The van der Waals surface area contributed by atoms with E-state index in [1.807, 2.05) is 42.2 Å². The van der Waals surface area contributed by atoms with E-state index in [2.05, 4.69) is 17.6 Å². The van der Waals surface area contributed by atoms with Gasteiger partial charge in [-0.2, -0.15) is 0 Å². The van der Waals surface area contributed by atoms with E-state index in [1.165, 1.54) is 0 Å². The smallest absolute Gasteiger partial charge is 0.318 e. The van der Waals surface area contributed by atoms with Gasteiger partial charge in [0.05, 0.1) is 0 Å². The Hall–Kier alpha value is -2.57. The van der Waals surface area contributed by atoms with Crippen LogP contribution < -0.4 is 10.6 Å². The lowest BCUT2D eigenvalue weighted by molar-refractivity contribution is -0.135. The average molecular weight is 415 g/mol. The zero-order chi connectivity index (χ0) is 21.5. The highest BCUT2D eigenvalue weighted by Gasteiger charge is 2.43. The van der Waals surface area contributed by atoms with Gasteiger partial charge in [-0.15, -0.1) is 0 Å². The topological polar surface area (TPSA) is 81.8 Å². The van der Waals surface area contributed by atoms with Crippen molar-refractivity contribution in [2.24, 2.45) is 11.8 Å². The van der Waals surface area contributed by atoms with Gasteiger partial charge in [0.25, 0.3) is 0 Å². The van der Waals surface area contributed by atoms with Crippen molar-refractivity contribution in [3.63, 3.8) is 0 Å². The Morgan fingerprint density at radius 3 is 2.67 bits per heavy atom. The highest BCUT2D eigenvalue weighted by Crippen LogP contribution is 2.34. The van der Waals surface area contributed by atoms with E-state index in [4.69, 9.17) is 0 Å². The molecule has 2 fully saturated rings. The van der Waals surface area contributed by atoms with Crippen molar-refractivity contribution in [2.75, 3.05) is 26.2 Å². The summed E-state index contributed by atoms with van der Waals surface area (Å²) in [7, 11) is 0. The van der Waals surface area contributed by atoms with Crippen molar-refractivity contribution in [3.8, 4) is 0 Å². The molecular formula is C23H34N4O3. The van der Waals surface area contributed by atoms with Gasteiger partial charge >= 0.3 is 6.03 Å². The van der Waals surface area contributed by atoms with E-state index in [0.717, 1.165) is 31.4 Å². The summed E-state index contributed by atoms with van der Waals surface area (Å²) in [5.74, 6) is 0.0688. The van der Waals surface area contributed by atoms with Crippen LogP contribution in [0.3, 0.4) is 0 Å². The normalized spacial score (nSPS) is 23.3. The third-order valence-electron chi connectivity index (χ3n) is 6.23. The van der Waals surface area contributed by atoms with Gasteiger partial charge < -0.3 is 20.4 Å². The lowest BCUT2D eigenvalue weighted by Gasteiger charge is -2.25. The summed E-state index contributed by atoms with van der Waals surface area (Å²) >= 11 is 0. The average Bonchev–Trinajstić information content (AvgIpc) is 3.07. The fourth-order valence-electron chi connectivity index (χ4n) is 4.55. The first-order valence-electron chi connectivity index (χ1n) is 11.2. The molecule has 0 bridgehead atoms. The van der Waals surface area contributed by atoms with Crippen LogP contribution in [0.5, 0.6) is 0 Å². The van der Waals surface area contributed by atoms with Crippen LogP contribution in [-0.2, 0) is 16.1 Å². The molecule has 0 aromatic heterocycles. The molecule has 1 aliphatic heterocycles. The molecule has 1 heterocycles. The van der Waals surface area contributed by atoms with Gasteiger partial charge in [-0.3, -0.25) is 9.59 Å². The summed E-state index contributed by atoms with van der Waals surface area (Å²) in [6.07, 6.45) is 3.44. The highest BCUT2D eigenvalue weighted by molar-refractivity contribution is 5.85. The molecule has 0 unspecified atom stereocenters. The number of nitrogens with zero attached hydrogens (tertiary/aromatic N) is 2. The van der Waals surface area contributed by atoms with Crippen molar-refractivity contribution in [1.82, 2.24) is 20.4 Å². The van der Waals surface area contributed by atoms with Crippen LogP contribution in [0.4, 0.5) is 4.79 Å². The molecule has 1 aliphatic carbocycles. The zero-order valence-corrected chi connectivity index (χ0v) is 18.1. The predicted molar refractivity (Wildman–Crippen MR) is 116 cm³/mol. The Morgan fingerprint density at radius 1 is 1.20 bits per heavy atom. The molecule has 3 atom stereocenters. The molecule has 3 rings (SSSR count). The van der Waals surface area contributed by atoms with E-state index in [1.54, 1.807) is 4.90 Å². The van der Waals surface area contributed by atoms with Crippen molar-refractivity contribution >= 4 is 17.8 Å². The van der Waals surface area contributed by atoms with Crippen LogP contribution in [-0.4, -0.2) is 59.9 Å². The van der Waals surface area contributed by atoms with Crippen molar-refractivity contribution in [1.29, 1.82) is 0 Å². The largest absolute Gasteiger partial charge is 0.351 e. The first-order chi connectivity index (χ1) is 14.5. The van der Waals surface area contributed by atoms with Crippen LogP contribution in [0.25, 0.3) is 0 Å². The first-order valence-corrected chi connectivity index (χ1v) is 11.2. The quantitative estimate of drug-likeness (QED) is 0.719. The molecule has 1 aromatic rings. The van der Waals surface area contributed by atoms with Gasteiger partial charge in [0, 0.05) is 38.1 Å². The number of urea groups is 1. The third-order valence-corrected chi connectivity index (χ3v) is 6.23. The maximum Gasteiger partial charge on any atom is 0.318 e. The molecule has 1 saturated carbocycles. The van der Waals surface area contributed by atoms with Crippen LogP contribution in [0.2, 0.25) is 0 Å². The lowest BCUT2D eigenvalue weighted by Crippen LogP contribution is -2.44. The maximum absolute atomic E-state index is 13.0. The number of fused-ring (bicyclic) bond motifs is 1. The first kappa shape index (κ1) is 22.1. The molecule has 1 saturated heterocycles. The number of hydrogen-bond donors (Lipinski definition) is 2. The standard InChI is InChI=1S/C23H34N4O3/c1-3-5-11-26(4-2)22(29)18-12-19-15-27(16-21(28)25-20(19)13-18)23(30)24-14-17-9-7-6-8-10-17/h6-10,18-20H,3-5,11-16H2,1-2H3,(H,24,30)(H,25,28)/t18-,19+,20+/m0/s1. The number of rotatable bonds is 7. The monoisotopic (exact) mass is 414 g/mol. The number of nitrogens with one attached hydrogen (secondary N) is 2. The third kappa shape index (κ3) is 5.52. The van der Waals surface area contributed by atoms with Gasteiger partial charge in [-0.25, -0.2) is 4.79 Å². The SMILES string of the molecule is CCCCN(CC)C(=O)[C@H]1C[C@@H]2CN(C(=O)NCc3ccccc3)CC(=O)N[C@@H]2C1. The van der Waals surface area contributed by atoms with E-state index in [-0.39, 0.29) is 42.3 Å². The Balaban J connectivity index is 1.59. The number of hydrogen-bond acceptors (Lipinski definition) is 3. The minimum absolute atomic E-state index is 0.0387. The summed E-state index contributed by atoms with van der Waals surface area (Å²) in [5.41, 5.74) is 1.02. The second-order valence-corrected chi connectivity index (χ2v) is 8.40. The summed E-state index contributed by atoms with van der Waals surface area (Å²) < 4.78 is 0. The van der Waals surface area contributed by atoms with Gasteiger partial charge in [0.2, 0.25) is 11.8 Å². The molecule has 2 N–H and O–H groups in total. The Labute approximate surface area is 179 Å². The molecule has 2 aliphatic rings. The van der Waals surface area contributed by atoms with E-state index >= 15 is 0 Å². The van der Waals surface area contributed by atoms with Crippen LogP contribution in [0, 0.1) is 11.8 Å². The molecule has 7 nitrogen and oxygen atoms in total. The summed E-state index contributed by atoms with van der Waals surface area (Å²) in [4.78, 5) is 41.6. The molecule has 4 amide bonds. The van der Waals surface area contributed by atoms with Crippen LogP contribution >= 0.6 is 0 Å².